The van der Waals surface area contributed by atoms with E-state index in [4.69, 9.17) is 9.15 Å². The number of nitrogens with one attached hydrogen (secondary N) is 1. The summed E-state index contributed by atoms with van der Waals surface area (Å²) in [6.45, 7) is 1.95. The van der Waals surface area contributed by atoms with Crippen molar-refractivity contribution in [3.63, 3.8) is 0 Å². The highest BCUT2D eigenvalue weighted by Crippen LogP contribution is 2.14. The molecule has 0 spiro atoms. The molecular formula is C18H17BrN2O4. The second-order valence-electron chi connectivity index (χ2n) is 5.44. The standard InChI is InChI=1S/C18H17BrN2O4/c19-14-4-1-3-13(11-14)17(22)20-16(12-15-5-2-8-25-15)18(23)21-6-9-24-10-7-21/h1-5,8,11-12H,6-7,9-10H2,(H,20,22)/b16-12+. The zero-order valence-electron chi connectivity index (χ0n) is 13.4. The normalized spacial score (nSPS) is 15.1. The molecule has 1 saturated heterocycles. The number of halogens is 1. The fourth-order valence-electron chi connectivity index (χ4n) is 2.43. The first-order chi connectivity index (χ1) is 12.1. The Balaban J connectivity index is 1.83. The molecule has 1 aliphatic heterocycles. The van der Waals surface area contributed by atoms with E-state index in [-0.39, 0.29) is 17.5 Å². The Morgan fingerprint density at radius 1 is 1.16 bits per heavy atom. The lowest BCUT2D eigenvalue weighted by Crippen LogP contribution is -2.44. The van der Waals surface area contributed by atoms with E-state index in [9.17, 15) is 9.59 Å². The molecule has 25 heavy (non-hydrogen) atoms. The molecular weight excluding hydrogens is 388 g/mol. The Kier molecular flexibility index (Phi) is 5.67. The topological polar surface area (TPSA) is 71.8 Å². The van der Waals surface area contributed by atoms with Crippen LogP contribution in [0.4, 0.5) is 0 Å². The van der Waals surface area contributed by atoms with Crippen molar-refractivity contribution >= 4 is 33.8 Å². The number of hydrogen-bond acceptors (Lipinski definition) is 4. The Bertz CT molecular complexity index is 780. The molecule has 0 saturated carbocycles. The van der Waals surface area contributed by atoms with Gasteiger partial charge < -0.3 is 19.4 Å². The summed E-state index contributed by atoms with van der Waals surface area (Å²) in [7, 11) is 0. The van der Waals surface area contributed by atoms with Crippen LogP contribution in [0.3, 0.4) is 0 Å². The van der Waals surface area contributed by atoms with Gasteiger partial charge in [-0.1, -0.05) is 22.0 Å². The van der Waals surface area contributed by atoms with Crippen LogP contribution in [-0.4, -0.2) is 43.0 Å². The van der Waals surface area contributed by atoms with Gasteiger partial charge in [0.15, 0.2) is 0 Å². The fraction of sp³-hybridized carbons (Fsp3) is 0.222. The second kappa shape index (κ2) is 8.13. The van der Waals surface area contributed by atoms with Crippen LogP contribution >= 0.6 is 15.9 Å². The summed E-state index contributed by atoms with van der Waals surface area (Å²) < 4.78 is 11.3. The molecule has 6 nitrogen and oxygen atoms in total. The molecule has 0 unspecified atom stereocenters. The van der Waals surface area contributed by atoms with Gasteiger partial charge in [-0.2, -0.15) is 0 Å². The van der Waals surface area contributed by atoms with Gasteiger partial charge in [0.25, 0.3) is 11.8 Å². The SMILES string of the molecule is O=C(N/C(=C/c1ccco1)C(=O)N1CCOCC1)c1cccc(Br)c1. The van der Waals surface area contributed by atoms with Crippen LogP contribution < -0.4 is 5.32 Å². The van der Waals surface area contributed by atoms with Crippen molar-refractivity contribution in [2.24, 2.45) is 0 Å². The first kappa shape index (κ1) is 17.4. The number of carbonyl (C=O) groups is 2. The van der Waals surface area contributed by atoms with Crippen molar-refractivity contribution < 1.29 is 18.7 Å². The number of hydrogen-bond donors (Lipinski definition) is 1. The van der Waals surface area contributed by atoms with Crippen LogP contribution in [0.2, 0.25) is 0 Å². The molecule has 7 heteroatoms. The van der Waals surface area contributed by atoms with Crippen LogP contribution in [0.25, 0.3) is 6.08 Å². The van der Waals surface area contributed by atoms with Gasteiger partial charge >= 0.3 is 0 Å². The third-order valence-corrected chi connectivity index (χ3v) is 4.19. The number of ether oxygens (including phenoxy) is 1. The second-order valence-corrected chi connectivity index (χ2v) is 6.36. The van der Waals surface area contributed by atoms with Crippen molar-refractivity contribution in [3.05, 3.63) is 64.2 Å². The summed E-state index contributed by atoms with van der Waals surface area (Å²) >= 11 is 3.34. The first-order valence-electron chi connectivity index (χ1n) is 7.82. The molecule has 2 amide bonds. The maximum absolute atomic E-state index is 12.8. The predicted molar refractivity (Wildman–Crippen MR) is 95.7 cm³/mol. The van der Waals surface area contributed by atoms with Crippen LogP contribution in [0.5, 0.6) is 0 Å². The van der Waals surface area contributed by atoms with Crippen LogP contribution in [-0.2, 0) is 9.53 Å². The molecule has 3 rings (SSSR count). The number of furan rings is 1. The summed E-state index contributed by atoms with van der Waals surface area (Å²) in [4.78, 5) is 27.0. The van der Waals surface area contributed by atoms with Gasteiger partial charge in [-0.15, -0.1) is 0 Å². The Morgan fingerprint density at radius 3 is 2.64 bits per heavy atom. The molecule has 0 atom stereocenters. The number of benzene rings is 1. The van der Waals surface area contributed by atoms with Gasteiger partial charge in [-0.3, -0.25) is 9.59 Å². The molecule has 130 valence electrons. The predicted octanol–water partition coefficient (Wildman–Crippen LogP) is 2.67. The van der Waals surface area contributed by atoms with E-state index >= 15 is 0 Å². The Labute approximate surface area is 153 Å². The lowest BCUT2D eigenvalue weighted by atomic mass is 10.2. The molecule has 0 bridgehead atoms. The minimum Gasteiger partial charge on any atom is -0.465 e. The van der Waals surface area contributed by atoms with E-state index < -0.39 is 0 Å². The van der Waals surface area contributed by atoms with Crippen molar-refractivity contribution in [2.45, 2.75) is 0 Å². The van der Waals surface area contributed by atoms with Gasteiger partial charge in [-0.25, -0.2) is 0 Å². The summed E-state index contributed by atoms with van der Waals surface area (Å²) in [6.07, 6.45) is 3.05. The molecule has 1 fully saturated rings. The highest BCUT2D eigenvalue weighted by molar-refractivity contribution is 9.10. The molecule has 0 aliphatic carbocycles. The molecule has 1 N–H and O–H groups in total. The summed E-state index contributed by atoms with van der Waals surface area (Å²) in [6, 6.07) is 10.4. The number of carbonyl (C=O) groups excluding carboxylic acids is 2. The molecule has 1 aromatic heterocycles. The van der Waals surface area contributed by atoms with Crippen LogP contribution in [0.1, 0.15) is 16.1 Å². The highest BCUT2D eigenvalue weighted by Gasteiger charge is 2.23. The highest BCUT2D eigenvalue weighted by atomic mass is 79.9. The first-order valence-corrected chi connectivity index (χ1v) is 8.62. The average Bonchev–Trinajstić information content (AvgIpc) is 3.14. The summed E-state index contributed by atoms with van der Waals surface area (Å²) in [5, 5.41) is 2.71. The van der Waals surface area contributed by atoms with Crippen molar-refractivity contribution in [3.8, 4) is 0 Å². The van der Waals surface area contributed by atoms with E-state index in [2.05, 4.69) is 21.2 Å². The quantitative estimate of drug-likeness (QED) is 0.795. The maximum Gasteiger partial charge on any atom is 0.270 e. The zero-order chi connectivity index (χ0) is 17.6. The number of amides is 2. The van der Waals surface area contributed by atoms with Gasteiger partial charge in [0.05, 0.1) is 19.5 Å². The van der Waals surface area contributed by atoms with E-state index in [1.54, 1.807) is 35.2 Å². The number of rotatable bonds is 4. The fourth-order valence-corrected chi connectivity index (χ4v) is 2.83. The van der Waals surface area contributed by atoms with Gasteiger partial charge in [0.2, 0.25) is 0 Å². The maximum atomic E-state index is 12.8. The van der Waals surface area contributed by atoms with Crippen LogP contribution in [0, 0.1) is 0 Å². The third-order valence-electron chi connectivity index (χ3n) is 3.69. The van der Waals surface area contributed by atoms with Gasteiger partial charge in [0, 0.05) is 29.2 Å². The molecule has 2 heterocycles. The lowest BCUT2D eigenvalue weighted by Gasteiger charge is -2.27. The Hall–Kier alpha value is -2.38. The van der Waals surface area contributed by atoms with Gasteiger partial charge in [0.1, 0.15) is 11.5 Å². The molecule has 1 aliphatic rings. The molecule has 0 radical (unpaired) electrons. The van der Waals surface area contributed by atoms with Crippen molar-refractivity contribution in [1.29, 1.82) is 0 Å². The smallest absolute Gasteiger partial charge is 0.270 e. The van der Waals surface area contributed by atoms with E-state index in [0.29, 0.717) is 37.6 Å². The summed E-state index contributed by atoms with van der Waals surface area (Å²) in [5.41, 5.74) is 0.622. The zero-order valence-corrected chi connectivity index (χ0v) is 15.0. The van der Waals surface area contributed by atoms with E-state index in [1.165, 1.54) is 12.3 Å². The number of nitrogens with zero attached hydrogens (tertiary/aromatic N) is 1. The number of morpholine rings is 1. The molecule has 1 aromatic carbocycles. The van der Waals surface area contributed by atoms with E-state index in [1.807, 2.05) is 6.07 Å². The summed E-state index contributed by atoms with van der Waals surface area (Å²) in [5.74, 6) is -0.130. The largest absolute Gasteiger partial charge is 0.465 e. The third kappa shape index (κ3) is 4.58. The van der Waals surface area contributed by atoms with E-state index in [0.717, 1.165) is 4.47 Å². The average molecular weight is 405 g/mol. The van der Waals surface area contributed by atoms with Crippen molar-refractivity contribution in [1.82, 2.24) is 10.2 Å². The Morgan fingerprint density at radius 2 is 1.96 bits per heavy atom. The minimum atomic E-state index is -0.360. The monoisotopic (exact) mass is 404 g/mol. The minimum absolute atomic E-state index is 0.168. The van der Waals surface area contributed by atoms with Gasteiger partial charge in [-0.05, 0) is 30.3 Å². The lowest BCUT2D eigenvalue weighted by molar-refractivity contribution is -0.131. The van der Waals surface area contributed by atoms with Crippen molar-refractivity contribution in [2.75, 3.05) is 26.3 Å². The molecule has 2 aromatic rings. The van der Waals surface area contributed by atoms with Crippen LogP contribution in [0.15, 0.2) is 57.2 Å².